The van der Waals surface area contributed by atoms with Gasteiger partial charge in [0.15, 0.2) is 16.7 Å². The summed E-state index contributed by atoms with van der Waals surface area (Å²) in [6, 6.07) is 4.82. The van der Waals surface area contributed by atoms with Crippen molar-refractivity contribution in [2.24, 2.45) is 5.10 Å². The first-order chi connectivity index (χ1) is 17.6. The molecule has 0 radical (unpaired) electrons. The van der Waals surface area contributed by atoms with Crippen LogP contribution in [0.15, 0.2) is 47.0 Å². The molecule has 3 heterocycles. The van der Waals surface area contributed by atoms with Crippen LogP contribution in [0.3, 0.4) is 0 Å². The first-order valence-corrected chi connectivity index (χ1v) is 13.4. The summed E-state index contributed by atoms with van der Waals surface area (Å²) in [5.74, 6) is -0.0669. The number of halogens is 1. The maximum absolute atomic E-state index is 13.4. The van der Waals surface area contributed by atoms with Gasteiger partial charge in [0.05, 0.1) is 47.9 Å². The van der Waals surface area contributed by atoms with E-state index in [1.807, 2.05) is 0 Å². The fraction of sp³-hybridized carbons (Fsp3) is 0.381. The Labute approximate surface area is 272 Å². The van der Waals surface area contributed by atoms with Crippen LogP contribution in [0.5, 0.6) is 5.75 Å². The zero-order valence-corrected chi connectivity index (χ0v) is 26.2. The van der Waals surface area contributed by atoms with E-state index in [1.165, 1.54) is 22.0 Å². The van der Waals surface area contributed by atoms with Crippen molar-refractivity contribution in [1.29, 1.82) is 0 Å². The largest absolute Gasteiger partial charge is 1.00 e. The first kappa shape index (κ1) is 31.4. The second-order valence-corrected chi connectivity index (χ2v) is 10.4. The third-order valence-electron chi connectivity index (χ3n) is 5.46. The summed E-state index contributed by atoms with van der Waals surface area (Å²) in [4.78, 5) is 17.8. The zero-order valence-electron chi connectivity index (χ0n) is 20.7. The summed E-state index contributed by atoms with van der Waals surface area (Å²) < 4.78 is 45.1. The SMILES string of the molecule is CN1CC(N2C(=O)C(=CC=C3Oc4ccc(Cl)cc4N3CCS(=O)(=O)[O-])N(CCOCCO)C2=S)=NN1.[K+]. The Bertz CT molecular complexity index is 1290. The minimum atomic E-state index is -4.50. The number of nitrogens with one attached hydrogen (secondary N) is 1. The van der Waals surface area contributed by atoms with Crippen LogP contribution in [-0.2, 0) is 19.6 Å². The van der Waals surface area contributed by atoms with Crippen molar-refractivity contribution in [3.05, 3.63) is 47.0 Å². The molecule has 38 heavy (non-hydrogen) atoms. The van der Waals surface area contributed by atoms with Crippen molar-refractivity contribution in [1.82, 2.24) is 20.3 Å². The third kappa shape index (κ3) is 7.32. The van der Waals surface area contributed by atoms with Gasteiger partial charge in [-0.25, -0.2) is 23.9 Å². The van der Waals surface area contributed by atoms with Crippen LogP contribution in [0.2, 0.25) is 5.02 Å². The zero-order chi connectivity index (χ0) is 26.7. The molecule has 3 aliphatic heterocycles. The van der Waals surface area contributed by atoms with Crippen molar-refractivity contribution in [2.75, 3.05) is 57.2 Å². The van der Waals surface area contributed by atoms with Crippen LogP contribution >= 0.6 is 23.8 Å². The second-order valence-electron chi connectivity index (χ2n) is 8.08. The van der Waals surface area contributed by atoms with Gasteiger partial charge in [0.1, 0.15) is 5.70 Å². The number of fused-ring (bicyclic) bond motifs is 1. The van der Waals surface area contributed by atoms with E-state index in [2.05, 4.69) is 10.6 Å². The number of thiocarbonyl (C=S) groups is 1. The summed E-state index contributed by atoms with van der Waals surface area (Å²) in [5, 5.41) is 15.4. The number of hydrogen-bond donors (Lipinski definition) is 2. The Balaban J connectivity index is 0.00000400. The Hall–Kier alpha value is -1.15. The standard InChI is InChI=1S/C21H25ClN6O7S2.K/c1-25-13-18(23-24-25)28-20(30)15(27(21(28)36)6-9-34-10-8-29)3-5-19-26(7-11-37(31,32)33)16-12-14(22)2-4-17(16)35-19;/h2-5,12,24,29H,6-11,13H2,1H3,(H,31,32,33);/q;+1/p-1. The van der Waals surface area contributed by atoms with Gasteiger partial charge in [-0.1, -0.05) is 11.6 Å². The van der Waals surface area contributed by atoms with Crippen molar-refractivity contribution in [3.8, 4) is 5.75 Å². The molecular formula is C21H24ClKN6O7S2. The molecule has 1 amide bonds. The van der Waals surface area contributed by atoms with Gasteiger partial charge >= 0.3 is 51.4 Å². The van der Waals surface area contributed by atoms with Crippen LogP contribution < -0.4 is 66.6 Å². The average Bonchev–Trinajstić information content (AvgIpc) is 3.47. The fourth-order valence-corrected chi connectivity index (χ4v) is 4.75. The van der Waals surface area contributed by atoms with Crippen molar-refractivity contribution < 1.29 is 83.7 Å². The number of anilines is 1. The van der Waals surface area contributed by atoms with Crippen LogP contribution in [0.1, 0.15) is 0 Å². The second kappa shape index (κ2) is 13.5. The number of carbonyl (C=O) groups is 1. The number of amides is 1. The summed E-state index contributed by atoms with van der Waals surface area (Å²) in [6.07, 6.45) is 2.99. The fourth-order valence-electron chi connectivity index (χ4n) is 3.80. The summed E-state index contributed by atoms with van der Waals surface area (Å²) in [6.45, 7) is 0.562. The summed E-state index contributed by atoms with van der Waals surface area (Å²) in [7, 11) is -2.74. The van der Waals surface area contributed by atoms with E-state index in [0.29, 0.717) is 28.8 Å². The molecular weight excluding hydrogens is 587 g/mol. The molecule has 0 atom stereocenters. The van der Waals surface area contributed by atoms with Crippen molar-refractivity contribution in [3.63, 3.8) is 0 Å². The number of benzene rings is 1. The number of aliphatic hydroxyl groups is 1. The molecule has 4 rings (SSSR count). The molecule has 1 fully saturated rings. The minimum absolute atomic E-state index is 0. The number of carbonyl (C=O) groups excluding carboxylic acids is 1. The van der Waals surface area contributed by atoms with E-state index in [0.717, 1.165) is 0 Å². The number of hydrazine groups is 1. The molecule has 0 unspecified atom stereocenters. The molecule has 1 aromatic rings. The molecule has 1 aromatic carbocycles. The predicted octanol–water partition coefficient (Wildman–Crippen LogP) is -2.99. The van der Waals surface area contributed by atoms with Gasteiger partial charge in [0.25, 0.3) is 5.91 Å². The molecule has 200 valence electrons. The minimum Gasteiger partial charge on any atom is -0.748 e. The topological polar surface area (TPSA) is 150 Å². The molecule has 13 nitrogen and oxygen atoms in total. The average molecular weight is 611 g/mol. The molecule has 3 aliphatic rings. The molecule has 1 saturated heterocycles. The summed E-state index contributed by atoms with van der Waals surface area (Å²) >= 11 is 11.7. The molecule has 0 spiro atoms. The van der Waals surface area contributed by atoms with Crippen molar-refractivity contribution in [2.45, 2.75) is 0 Å². The number of hydrazone groups is 1. The Morgan fingerprint density at radius 3 is 2.71 bits per heavy atom. The number of amidine groups is 1. The number of rotatable bonds is 9. The summed E-state index contributed by atoms with van der Waals surface area (Å²) in [5.41, 5.74) is 3.44. The van der Waals surface area contributed by atoms with Gasteiger partial charge < -0.3 is 28.9 Å². The Kier molecular flexibility index (Phi) is 11.1. The van der Waals surface area contributed by atoms with E-state index >= 15 is 0 Å². The van der Waals surface area contributed by atoms with Gasteiger partial charge in [0.2, 0.25) is 5.88 Å². The quantitative estimate of drug-likeness (QED) is 0.0965. The molecule has 17 heteroatoms. The number of allylic oxidation sites excluding steroid dienone is 2. The van der Waals surface area contributed by atoms with Gasteiger partial charge in [-0.2, -0.15) is 0 Å². The van der Waals surface area contributed by atoms with Crippen LogP contribution in [-0.4, -0.2) is 102 Å². The Morgan fingerprint density at radius 1 is 1.29 bits per heavy atom. The van der Waals surface area contributed by atoms with E-state index in [-0.39, 0.29) is 101 Å². The van der Waals surface area contributed by atoms with E-state index in [1.54, 1.807) is 35.2 Å². The maximum atomic E-state index is 13.4. The predicted molar refractivity (Wildman–Crippen MR) is 137 cm³/mol. The van der Waals surface area contributed by atoms with Gasteiger partial charge in [0, 0.05) is 31.2 Å². The normalized spacial score (nSPS) is 19.7. The number of likely N-dealkylation sites (N-methyl/N-ethyl adjacent to an activating group) is 1. The van der Waals surface area contributed by atoms with E-state index in [4.69, 9.17) is 38.4 Å². The maximum Gasteiger partial charge on any atom is 1.00 e. The molecule has 0 aliphatic carbocycles. The molecule has 0 bridgehead atoms. The van der Waals surface area contributed by atoms with Crippen LogP contribution in [0.25, 0.3) is 0 Å². The number of aliphatic hydroxyl groups excluding tert-OH is 1. The van der Waals surface area contributed by atoms with E-state index in [9.17, 15) is 17.8 Å². The molecule has 0 aromatic heterocycles. The van der Waals surface area contributed by atoms with Crippen molar-refractivity contribution >= 4 is 56.5 Å². The monoisotopic (exact) mass is 610 g/mol. The number of hydrogen-bond acceptors (Lipinski definition) is 12. The van der Waals surface area contributed by atoms with Crippen LogP contribution in [0, 0.1) is 0 Å². The van der Waals surface area contributed by atoms with Gasteiger partial charge in [-0.15, -0.1) is 5.10 Å². The number of nitrogens with zero attached hydrogens (tertiary/aromatic N) is 5. The smallest absolute Gasteiger partial charge is 0.748 e. The van der Waals surface area contributed by atoms with E-state index < -0.39 is 21.8 Å². The first-order valence-electron chi connectivity index (χ1n) is 11.1. The molecule has 2 N–H and O–H groups in total. The van der Waals surface area contributed by atoms with Crippen LogP contribution in [0.4, 0.5) is 5.69 Å². The molecule has 0 saturated carbocycles. The number of ether oxygens (including phenoxy) is 2. The third-order valence-corrected chi connectivity index (χ3v) is 6.78. The van der Waals surface area contributed by atoms with Gasteiger partial charge in [-0.05, 0) is 36.5 Å². The Morgan fingerprint density at radius 2 is 2.05 bits per heavy atom. The van der Waals surface area contributed by atoms with Gasteiger partial charge in [-0.3, -0.25) is 4.79 Å².